The van der Waals surface area contributed by atoms with Crippen molar-refractivity contribution >= 4 is 11.6 Å². The second-order valence-electron chi connectivity index (χ2n) is 3.54. The third kappa shape index (κ3) is 1.73. The second kappa shape index (κ2) is 4.08. The molecule has 1 aliphatic heterocycles. The Morgan fingerprint density at radius 2 is 2.25 bits per heavy atom. The van der Waals surface area contributed by atoms with Crippen molar-refractivity contribution in [3.63, 3.8) is 0 Å². The first-order chi connectivity index (χ1) is 7.63. The summed E-state index contributed by atoms with van der Waals surface area (Å²) in [6.45, 7) is 0.311. The van der Waals surface area contributed by atoms with Crippen LogP contribution in [0.25, 0.3) is 0 Å². The van der Waals surface area contributed by atoms with E-state index in [2.05, 4.69) is 0 Å². The van der Waals surface area contributed by atoms with Crippen molar-refractivity contribution in [2.24, 2.45) is 0 Å². The van der Waals surface area contributed by atoms with Crippen molar-refractivity contribution in [3.8, 4) is 5.75 Å². The molecule has 1 amide bonds. The monoisotopic (exact) mass is 227 g/mol. The average molecular weight is 227 g/mol. The number of amides is 1. The Kier molecular flexibility index (Phi) is 2.77. The molecule has 0 saturated heterocycles. The van der Waals surface area contributed by atoms with Gasteiger partial charge in [0.05, 0.1) is 7.11 Å². The summed E-state index contributed by atoms with van der Waals surface area (Å²) in [5.41, 5.74) is 1.43. The molecule has 1 aliphatic rings. The standard InChI is InChI=1S/C11H11F2NO2/c1-16-8-2-3-9-7(6-8)4-5-14(9)11(15)10(12)13/h2-3,6,10H,4-5H2,1H3. The minimum Gasteiger partial charge on any atom is -0.497 e. The van der Waals surface area contributed by atoms with Crippen LogP contribution in [0.4, 0.5) is 14.5 Å². The Morgan fingerprint density at radius 3 is 2.88 bits per heavy atom. The van der Waals surface area contributed by atoms with E-state index in [0.717, 1.165) is 10.5 Å². The average Bonchev–Trinajstić information content (AvgIpc) is 2.70. The van der Waals surface area contributed by atoms with E-state index in [-0.39, 0.29) is 0 Å². The summed E-state index contributed by atoms with van der Waals surface area (Å²) < 4.78 is 29.6. The summed E-state index contributed by atoms with van der Waals surface area (Å²) >= 11 is 0. The van der Waals surface area contributed by atoms with Gasteiger partial charge in [-0.1, -0.05) is 0 Å². The molecule has 1 aromatic rings. The highest BCUT2D eigenvalue weighted by Gasteiger charge is 2.30. The number of anilines is 1. The molecule has 1 heterocycles. The van der Waals surface area contributed by atoms with Gasteiger partial charge < -0.3 is 9.64 Å². The van der Waals surface area contributed by atoms with Gasteiger partial charge in [-0.2, -0.15) is 8.78 Å². The zero-order valence-corrected chi connectivity index (χ0v) is 8.74. The fourth-order valence-corrected chi connectivity index (χ4v) is 1.85. The zero-order chi connectivity index (χ0) is 11.7. The van der Waals surface area contributed by atoms with Crippen LogP contribution in [0.15, 0.2) is 18.2 Å². The number of carbonyl (C=O) groups excluding carboxylic acids is 1. The van der Waals surface area contributed by atoms with Crippen LogP contribution in [0.5, 0.6) is 5.75 Å². The molecule has 16 heavy (non-hydrogen) atoms. The van der Waals surface area contributed by atoms with Gasteiger partial charge >= 0.3 is 6.43 Å². The highest BCUT2D eigenvalue weighted by molar-refractivity contribution is 5.97. The predicted molar refractivity (Wildman–Crippen MR) is 55.1 cm³/mol. The number of ether oxygens (including phenoxy) is 1. The number of benzene rings is 1. The maximum absolute atomic E-state index is 12.3. The highest BCUT2D eigenvalue weighted by atomic mass is 19.3. The number of carbonyl (C=O) groups is 1. The van der Waals surface area contributed by atoms with Gasteiger partial charge in [-0.15, -0.1) is 0 Å². The minimum absolute atomic E-state index is 0.311. The lowest BCUT2D eigenvalue weighted by atomic mass is 10.1. The lowest BCUT2D eigenvalue weighted by Crippen LogP contribution is -2.34. The molecule has 86 valence electrons. The molecule has 0 aliphatic carbocycles. The van der Waals surface area contributed by atoms with Crippen molar-refractivity contribution < 1.29 is 18.3 Å². The Morgan fingerprint density at radius 1 is 1.50 bits per heavy atom. The van der Waals surface area contributed by atoms with Gasteiger partial charge in [-0.25, -0.2) is 0 Å². The molecule has 0 bridgehead atoms. The van der Waals surface area contributed by atoms with Crippen LogP contribution < -0.4 is 9.64 Å². The number of hydrogen-bond acceptors (Lipinski definition) is 2. The van der Waals surface area contributed by atoms with E-state index in [1.807, 2.05) is 0 Å². The van der Waals surface area contributed by atoms with Crippen molar-refractivity contribution in [2.75, 3.05) is 18.6 Å². The Hall–Kier alpha value is -1.65. The van der Waals surface area contributed by atoms with Gasteiger partial charge in [-0.3, -0.25) is 4.79 Å². The molecule has 0 unspecified atom stereocenters. The van der Waals surface area contributed by atoms with Crippen molar-refractivity contribution in [2.45, 2.75) is 12.8 Å². The van der Waals surface area contributed by atoms with Crippen LogP contribution in [-0.2, 0) is 11.2 Å². The van der Waals surface area contributed by atoms with Crippen LogP contribution in [0.3, 0.4) is 0 Å². The fourth-order valence-electron chi connectivity index (χ4n) is 1.85. The lowest BCUT2D eigenvalue weighted by Gasteiger charge is -2.16. The molecule has 0 saturated carbocycles. The van der Waals surface area contributed by atoms with E-state index in [4.69, 9.17) is 4.74 Å². The summed E-state index contributed by atoms with van der Waals surface area (Å²) in [5, 5.41) is 0. The van der Waals surface area contributed by atoms with E-state index in [9.17, 15) is 13.6 Å². The van der Waals surface area contributed by atoms with Crippen LogP contribution >= 0.6 is 0 Å². The molecule has 2 rings (SSSR count). The first-order valence-electron chi connectivity index (χ1n) is 4.90. The van der Waals surface area contributed by atoms with Gasteiger partial charge in [-0.05, 0) is 30.2 Å². The second-order valence-corrected chi connectivity index (χ2v) is 3.54. The van der Waals surface area contributed by atoms with Gasteiger partial charge in [0.1, 0.15) is 5.75 Å². The highest BCUT2D eigenvalue weighted by Crippen LogP contribution is 2.31. The van der Waals surface area contributed by atoms with Crippen molar-refractivity contribution in [1.82, 2.24) is 0 Å². The third-order valence-corrected chi connectivity index (χ3v) is 2.63. The Balaban J connectivity index is 2.30. The number of rotatable bonds is 2. The molecular formula is C11H11F2NO2. The molecular weight excluding hydrogens is 216 g/mol. The molecule has 5 heteroatoms. The molecule has 0 fully saturated rings. The summed E-state index contributed by atoms with van der Waals surface area (Å²) in [6, 6.07) is 5.07. The molecule has 1 aromatic carbocycles. The lowest BCUT2D eigenvalue weighted by molar-refractivity contribution is -0.128. The van der Waals surface area contributed by atoms with Crippen molar-refractivity contribution in [1.29, 1.82) is 0 Å². The van der Waals surface area contributed by atoms with Gasteiger partial charge in [0, 0.05) is 12.2 Å². The molecule has 3 nitrogen and oxygen atoms in total. The van der Waals surface area contributed by atoms with Crippen LogP contribution in [-0.4, -0.2) is 26.0 Å². The zero-order valence-electron chi connectivity index (χ0n) is 8.74. The number of halogens is 2. The number of methoxy groups -OCH3 is 1. The SMILES string of the molecule is COc1ccc2c(c1)CCN2C(=O)C(F)F. The Labute approximate surface area is 91.6 Å². The fraction of sp³-hybridized carbons (Fsp3) is 0.364. The molecule has 0 atom stereocenters. The van der Waals surface area contributed by atoms with Crippen LogP contribution in [0.2, 0.25) is 0 Å². The quantitative estimate of drug-likeness (QED) is 0.771. The summed E-state index contributed by atoms with van der Waals surface area (Å²) in [7, 11) is 1.54. The smallest absolute Gasteiger partial charge is 0.316 e. The largest absolute Gasteiger partial charge is 0.497 e. The predicted octanol–water partition coefficient (Wildman–Crippen LogP) is 1.85. The number of nitrogens with zero attached hydrogens (tertiary/aromatic N) is 1. The van der Waals surface area contributed by atoms with Crippen LogP contribution in [0.1, 0.15) is 5.56 Å². The number of fused-ring (bicyclic) bond motifs is 1. The third-order valence-electron chi connectivity index (χ3n) is 2.63. The Bertz CT molecular complexity index is 420. The normalized spacial score (nSPS) is 14.1. The van der Waals surface area contributed by atoms with Crippen molar-refractivity contribution in [3.05, 3.63) is 23.8 Å². The topological polar surface area (TPSA) is 29.5 Å². The number of alkyl halides is 2. The molecule has 0 aromatic heterocycles. The van der Waals surface area contributed by atoms with Gasteiger partial charge in [0.2, 0.25) is 0 Å². The van der Waals surface area contributed by atoms with Crippen LogP contribution in [0, 0.1) is 0 Å². The molecule has 0 radical (unpaired) electrons. The number of hydrogen-bond donors (Lipinski definition) is 0. The summed E-state index contributed by atoms with van der Waals surface area (Å²) in [5.74, 6) is -0.464. The van der Waals surface area contributed by atoms with E-state index in [1.54, 1.807) is 25.3 Å². The summed E-state index contributed by atoms with van der Waals surface area (Å²) in [6.07, 6.45) is -2.36. The van der Waals surface area contributed by atoms with E-state index < -0.39 is 12.3 Å². The van der Waals surface area contributed by atoms with E-state index >= 15 is 0 Å². The maximum atomic E-state index is 12.3. The van der Waals surface area contributed by atoms with E-state index in [0.29, 0.717) is 24.4 Å². The van der Waals surface area contributed by atoms with Gasteiger partial charge in [0.15, 0.2) is 0 Å². The first kappa shape index (κ1) is 10.9. The van der Waals surface area contributed by atoms with Gasteiger partial charge in [0.25, 0.3) is 5.91 Å². The maximum Gasteiger partial charge on any atom is 0.316 e. The molecule has 0 spiro atoms. The minimum atomic E-state index is -2.95. The first-order valence-corrected chi connectivity index (χ1v) is 4.90. The van der Waals surface area contributed by atoms with E-state index in [1.165, 1.54) is 0 Å². The summed E-state index contributed by atoms with van der Waals surface area (Å²) in [4.78, 5) is 12.3. The molecule has 0 N–H and O–H groups in total.